The van der Waals surface area contributed by atoms with E-state index >= 15 is 0 Å². The minimum absolute atomic E-state index is 0.310. The molecule has 4 N–H and O–H groups in total. The van der Waals surface area contributed by atoms with Crippen LogP contribution in [0.2, 0.25) is 0 Å². The molecule has 1 saturated heterocycles. The minimum atomic E-state index is -1.49. The Hall–Kier alpha value is -1.64. The summed E-state index contributed by atoms with van der Waals surface area (Å²) in [6, 6.07) is 5.19. The molecule has 0 bridgehead atoms. The van der Waals surface area contributed by atoms with Crippen molar-refractivity contribution >= 4 is 6.08 Å². The number of aliphatic hydroxyl groups is 4. The van der Waals surface area contributed by atoms with Crippen LogP contribution in [0.15, 0.2) is 24.3 Å². The fourth-order valence-electron chi connectivity index (χ4n) is 2.37. The van der Waals surface area contributed by atoms with Gasteiger partial charge in [-0.25, -0.2) is 0 Å². The highest BCUT2D eigenvalue weighted by molar-refractivity contribution is 5.55. The highest BCUT2D eigenvalue weighted by atomic mass is 16.7. The van der Waals surface area contributed by atoms with Crippen LogP contribution in [0.5, 0.6) is 11.5 Å². The summed E-state index contributed by atoms with van der Waals surface area (Å²) < 4.78 is 16.1. The quantitative estimate of drug-likeness (QED) is 0.599. The molecule has 0 amide bonds. The molecule has 1 heterocycles. The maximum atomic E-state index is 9.99. The average Bonchev–Trinajstić information content (AvgIpc) is 2.56. The Morgan fingerprint density at radius 1 is 1.13 bits per heavy atom. The lowest BCUT2D eigenvalue weighted by molar-refractivity contribution is -0.277. The van der Waals surface area contributed by atoms with E-state index in [9.17, 15) is 20.4 Å². The maximum Gasteiger partial charge on any atom is 0.229 e. The third kappa shape index (κ3) is 3.82. The second-order valence-corrected chi connectivity index (χ2v) is 5.23. The van der Waals surface area contributed by atoms with Crippen molar-refractivity contribution in [2.24, 2.45) is 0 Å². The van der Waals surface area contributed by atoms with Gasteiger partial charge in [0, 0.05) is 0 Å². The highest BCUT2D eigenvalue weighted by Gasteiger charge is 2.44. The first-order valence-electron chi connectivity index (χ1n) is 7.29. The van der Waals surface area contributed by atoms with Gasteiger partial charge in [-0.3, -0.25) is 0 Å². The molecule has 1 aliphatic rings. The highest BCUT2D eigenvalue weighted by Crippen LogP contribution is 2.32. The Bertz CT molecular complexity index is 543. The SMILES string of the molecule is CC=Cc1ccc(OC2OC(CO)C(O)C(O)C2O)c(OC)c1. The van der Waals surface area contributed by atoms with Gasteiger partial charge >= 0.3 is 0 Å². The van der Waals surface area contributed by atoms with Crippen molar-refractivity contribution in [1.82, 2.24) is 0 Å². The zero-order chi connectivity index (χ0) is 17.0. The molecule has 0 saturated carbocycles. The van der Waals surface area contributed by atoms with Crippen molar-refractivity contribution in [3.63, 3.8) is 0 Å². The summed E-state index contributed by atoms with van der Waals surface area (Å²) in [6.45, 7) is 1.38. The zero-order valence-corrected chi connectivity index (χ0v) is 13.0. The van der Waals surface area contributed by atoms with E-state index in [0.717, 1.165) is 5.56 Å². The van der Waals surface area contributed by atoms with Crippen LogP contribution in [0.1, 0.15) is 12.5 Å². The number of rotatable bonds is 5. The van der Waals surface area contributed by atoms with Gasteiger partial charge in [0.15, 0.2) is 11.5 Å². The topological polar surface area (TPSA) is 109 Å². The summed E-state index contributed by atoms with van der Waals surface area (Å²) in [5.41, 5.74) is 0.908. The van der Waals surface area contributed by atoms with Crippen LogP contribution in [0, 0.1) is 0 Å². The standard InChI is InChI=1S/C16H22O7/c1-3-4-9-5-6-10(11(7-9)21-2)22-16-15(20)14(19)13(18)12(8-17)23-16/h3-7,12-20H,8H2,1-2H3. The van der Waals surface area contributed by atoms with Crippen molar-refractivity contribution in [2.75, 3.05) is 13.7 Å². The van der Waals surface area contributed by atoms with E-state index in [0.29, 0.717) is 11.5 Å². The Morgan fingerprint density at radius 3 is 2.48 bits per heavy atom. The molecular formula is C16H22O7. The second kappa shape index (κ2) is 7.76. The number of hydrogen-bond donors (Lipinski definition) is 4. The number of methoxy groups -OCH3 is 1. The van der Waals surface area contributed by atoms with Gasteiger partial charge in [0.1, 0.15) is 24.4 Å². The third-order valence-corrected chi connectivity index (χ3v) is 3.64. The summed E-state index contributed by atoms with van der Waals surface area (Å²) >= 11 is 0. The molecule has 0 spiro atoms. The van der Waals surface area contributed by atoms with Crippen molar-refractivity contribution < 1.29 is 34.6 Å². The fraction of sp³-hybridized carbons (Fsp3) is 0.500. The van der Waals surface area contributed by atoms with Gasteiger partial charge in [0.2, 0.25) is 6.29 Å². The molecular weight excluding hydrogens is 304 g/mol. The number of aliphatic hydroxyl groups excluding tert-OH is 4. The molecule has 23 heavy (non-hydrogen) atoms. The summed E-state index contributed by atoms with van der Waals surface area (Å²) in [7, 11) is 1.48. The number of benzene rings is 1. The molecule has 1 aromatic carbocycles. The Kier molecular flexibility index (Phi) is 5.97. The van der Waals surface area contributed by atoms with Crippen LogP contribution in [0.3, 0.4) is 0 Å². The van der Waals surface area contributed by atoms with Gasteiger partial charge < -0.3 is 34.6 Å². The molecule has 0 radical (unpaired) electrons. The second-order valence-electron chi connectivity index (χ2n) is 5.23. The van der Waals surface area contributed by atoms with Crippen LogP contribution in [-0.2, 0) is 4.74 Å². The maximum absolute atomic E-state index is 9.99. The van der Waals surface area contributed by atoms with Gasteiger partial charge in [-0.05, 0) is 24.6 Å². The molecule has 0 aromatic heterocycles. The molecule has 7 heteroatoms. The molecule has 1 fully saturated rings. The van der Waals surface area contributed by atoms with Crippen molar-refractivity contribution in [3.05, 3.63) is 29.8 Å². The van der Waals surface area contributed by atoms with Crippen molar-refractivity contribution in [3.8, 4) is 11.5 Å². The van der Waals surface area contributed by atoms with E-state index in [4.69, 9.17) is 14.2 Å². The van der Waals surface area contributed by atoms with Gasteiger partial charge in [0.25, 0.3) is 0 Å². The minimum Gasteiger partial charge on any atom is -0.493 e. The molecule has 5 atom stereocenters. The largest absolute Gasteiger partial charge is 0.493 e. The van der Waals surface area contributed by atoms with Crippen molar-refractivity contribution in [2.45, 2.75) is 37.6 Å². The zero-order valence-electron chi connectivity index (χ0n) is 13.0. The predicted molar refractivity (Wildman–Crippen MR) is 82.1 cm³/mol. The van der Waals surface area contributed by atoms with Gasteiger partial charge in [-0.15, -0.1) is 0 Å². The predicted octanol–water partition coefficient (Wildman–Crippen LogP) is -0.0930. The van der Waals surface area contributed by atoms with Crippen LogP contribution in [0.25, 0.3) is 6.08 Å². The number of allylic oxidation sites excluding steroid dienone is 1. The molecule has 5 unspecified atom stereocenters. The first-order valence-corrected chi connectivity index (χ1v) is 7.29. The van der Waals surface area contributed by atoms with Crippen molar-refractivity contribution in [1.29, 1.82) is 0 Å². The van der Waals surface area contributed by atoms with E-state index in [2.05, 4.69) is 0 Å². The Morgan fingerprint density at radius 2 is 1.87 bits per heavy atom. The monoisotopic (exact) mass is 326 g/mol. The van der Waals surface area contributed by atoms with Crippen LogP contribution < -0.4 is 9.47 Å². The number of hydrogen-bond acceptors (Lipinski definition) is 7. The Labute approximate surface area is 134 Å². The smallest absolute Gasteiger partial charge is 0.229 e. The van der Waals surface area contributed by atoms with E-state index < -0.39 is 37.3 Å². The van der Waals surface area contributed by atoms with Gasteiger partial charge in [0.05, 0.1) is 13.7 Å². The average molecular weight is 326 g/mol. The van der Waals surface area contributed by atoms with E-state index in [1.54, 1.807) is 18.2 Å². The molecule has 1 aliphatic heterocycles. The first kappa shape index (κ1) is 17.7. The molecule has 0 aliphatic carbocycles. The summed E-state index contributed by atoms with van der Waals surface area (Å²) in [5.74, 6) is 0.739. The van der Waals surface area contributed by atoms with Crippen LogP contribution in [0.4, 0.5) is 0 Å². The molecule has 128 valence electrons. The lowest BCUT2D eigenvalue weighted by Crippen LogP contribution is -2.60. The molecule has 1 aromatic rings. The summed E-state index contributed by atoms with van der Waals surface area (Å²) in [5, 5.41) is 38.7. The van der Waals surface area contributed by atoms with E-state index in [-0.39, 0.29) is 0 Å². The summed E-state index contributed by atoms with van der Waals surface area (Å²) in [4.78, 5) is 0. The third-order valence-electron chi connectivity index (χ3n) is 3.64. The molecule has 7 nitrogen and oxygen atoms in total. The molecule has 2 rings (SSSR count). The number of ether oxygens (including phenoxy) is 3. The fourth-order valence-corrected chi connectivity index (χ4v) is 2.37. The summed E-state index contributed by atoms with van der Waals surface area (Å²) in [6.07, 6.45) is -2.87. The van der Waals surface area contributed by atoms with E-state index in [1.807, 2.05) is 19.1 Å². The van der Waals surface area contributed by atoms with Gasteiger partial charge in [-0.2, -0.15) is 0 Å². The lowest BCUT2D eigenvalue weighted by Gasteiger charge is -2.39. The first-order chi connectivity index (χ1) is 11.0. The van der Waals surface area contributed by atoms with E-state index in [1.165, 1.54) is 7.11 Å². The van der Waals surface area contributed by atoms with Crippen LogP contribution >= 0.6 is 0 Å². The lowest BCUT2D eigenvalue weighted by atomic mass is 9.99. The normalized spacial score (nSPS) is 31.3. The van der Waals surface area contributed by atoms with Gasteiger partial charge in [-0.1, -0.05) is 18.2 Å². The van der Waals surface area contributed by atoms with Crippen LogP contribution in [-0.4, -0.2) is 64.8 Å². The Balaban J connectivity index is 2.20.